The lowest BCUT2D eigenvalue weighted by molar-refractivity contribution is 0.981. The van der Waals surface area contributed by atoms with Crippen molar-refractivity contribution in [3.05, 3.63) is 41.1 Å². The van der Waals surface area contributed by atoms with Crippen molar-refractivity contribution in [1.29, 1.82) is 0 Å². The zero-order valence-corrected chi connectivity index (χ0v) is 11.5. The van der Waals surface area contributed by atoms with E-state index in [-0.39, 0.29) is 0 Å². The summed E-state index contributed by atoms with van der Waals surface area (Å²) in [6, 6.07) is 8.56. The summed E-state index contributed by atoms with van der Waals surface area (Å²) in [6.07, 6.45) is 3.50. The van der Waals surface area contributed by atoms with Crippen LogP contribution in [0.5, 0.6) is 0 Å². The second-order valence-corrected chi connectivity index (χ2v) is 5.26. The zero-order valence-electron chi connectivity index (χ0n) is 11.5. The molecule has 0 unspecified atom stereocenters. The molecule has 3 nitrogen and oxygen atoms in total. The quantitative estimate of drug-likeness (QED) is 0.911. The minimum atomic E-state index is 0.596. The van der Waals surface area contributed by atoms with Crippen LogP contribution in [0.15, 0.2) is 24.3 Å². The normalized spacial score (nSPS) is 14.6. The smallest absolute Gasteiger partial charge is 0.161 e. The average Bonchev–Trinajstić information content (AvgIpc) is 3.26. The molecule has 1 heterocycles. The van der Waals surface area contributed by atoms with Crippen LogP contribution in [-0.4, -0.2) is 9.97 Å². The third kappa shape index (κ3) is 2.33. The van der Waals surface area contributed by atoms with Crippen molar-refractivity contribution >= 4 is 5.82 Å². The number of benzene rings is 1. The van der Waals surface area contributed by atoms with E-state index in [0.29, 0.717) is 5.82 Å². The Morgan fingerprint density at radius 1 is 1.26 bits per heavy atom. The Morgan fingerprint density at radius 2 is 2.05 bits per heavy atom. The number of nitrogens with two attached hydrogens (primary N) is 1. The number of aryl methyl sites for hydroxylation is 1. The molecule has 0 amide bonds. The summed E-state index contributed by atoms with van der Waals surface area (Å²) < 4.78 is 0. The predicted octanol–water partition coefficient (Wildman–Crippen LogP) is 3.47. The first-order chi connectivity index (χ1) is 9.19. The van der Waals surface area contributed by atoms with Crippen LogP contribution in [0.4, 0.5) is 5.82 Å². The Bertz CT molecular complexity index is 615. The molecule has 3 heteroatoms. The van der Waals surface area contributed by atoms with Crippen molar-refractivity contribution in [2.24, 2.45) is 0 Å². The molecule has 0 aliphatic heterocycles. The van der Waals surface area contributed by atoms with Crippen molar-refractivity contribution in [3.8, 4) is 11.4 Å². The highest BCUT2D eigenvalue weighted by atomic mass is 15.0. The Labute approximate surface area is 113 Å². The van der Waals surface area contributed by atoms with Gasteiger partial charge < -0.3 is 5.73 Å². The minimum Gasteiger partial charge on any atom is -0.383 e. The van der Waals surface area contributed by atoms with E-state index in [2.05, 4.69) is 41.2 Å². The van der Waals surface area contributed by atoms with Gasteiger partial charge in [-0.1, -0.05) is 25.1 Å². The third-order valence-corrected chi connectivity index (χ3v) is 3.81. The van der Waals surface area contributed by atoms with Crippen LogP contribution in [0.1, 0.15) is 42.5 Å². The molecule has 19 heavy (non-hydrogen) atoms. The summed E-state index contributed by atoms with van der Waals surface area (Å²) in [6.45, 7) is 4.08. The van der Waals surface area contributed by atoms with Gasteiger partial charge >= 0.3 is 0 Å². The van der Waals surface area contributed by atoms with Crippen LogP contribution in [0.3, 0.4) is 0 Å². The average molecular weight is 253 g/mol. The highest BCUT2D eigenvalue weighted by Crippen LogP contribution is 2.40. The van der Waals surface area contributed by atoms with Crippen LogP contribution in [0, 0.1) is 6.92 Å². The third-order valence-electron chi connectivity index (χ3n) is 3.81. The number of rotatable bonds is 3. The molecular weight excluding hydrogens is 234 g/mol. The second kappa shape index (κ2) is 4.65. The summed E-state index contributed by atoms with van der Waals surface area (Å²) in [5, 5.41) is 0. The first kappa shape index (κ1) is 12.2. The molecule has 0 saturated heterocycles. The van der Waals surface area contributed by atoms with Crippen LogP contribution in [-0.2, 0) is 6.42 Å². The molecule has 1 aliphatic carbocycles. The van der Waals surface area contributed by atoms with Gasteiger partial charge in [0, 0.05) is 16.8 Å². The summed E-state index contributed by atoms with van der Waals surface area (Å²) in [5.41, 5.74) is 10.5. The Balaban J connectivity index is 2.05. The number of aromatic nitrogens is 2. The van der Waals surface area contributed by atoms with Crippen LogP contribution >= 0.6 is 0 Å². The fourth-order valence-electron chi connectivity index (χ4n) is 2.40. The molecule has 1 fully saturated rings. The van der Waals surface area contributed by atoms with E-state index in [1.165, 1.54) is 18.4 Å². The predicted molar refractivity (Wildman–Crippen MR) is 78.0 cm³/mol. The van der Waals surface area contributed by atoms with Gasteiger partial charge in [0.05, 0.1) is 0 Å². The first-order valence-electron chi connectivity index (χ1n) is 6.92. The molecule has 1 aromatic heterocycles. The van der Waals surface area contributed by atoms with E-state index >= 15 is 0 Å². The van der Waals surface area contributed by atoms with Gasteiger partial charge in [-0.15, -0.1) is 0 Å². The van der Waals surface area contributed by atoms with Crippen molar-refractivity contribution in [2.45, 2.75) is 39.0 Å². The monoisotopic (exact) mass is 253 g/mol. The van der Waals surface area contributed by atoms with E-state index in [1.807, 2.05) is 6.92 Å². The highest BCUT2D eigenvalue weighted by molar-refractivity contribution is 5.60. The molecular formula is C16H19N3. The van der Waals surface area contributed by atoms with E-state index in [4.69, 9.17) is 5.73 Å². The molecule has 2 aromatic rings. The molecule has 0 spiro atoms. The number of anilines is 1. The van der Waals surface area contributed by atoms with Gasteiger partial charge in [0.1, 0.15) is 5.82 Å². The summed E-state index contributed by atoms with van der Waals surface area (Å²) in [7, 11) is 0. The molecule has 2 N–H and O–H groups in total. The number of hydrogen-bond acceptors (Lipinski definition) is 3. The molecule has 1 aliphatic rings. The number of hydrogen-bond donors (Lipinski definition) is 1. The van der Waals surface area contributed by atoms with E-state index in [1.54, 1.807) is 0 Å². The standard InChI is InChI=1S/C16H19N3/c1-3-14-10(2)15(17)19-16(18-14)13-6-4-5-12(9-13)11-7-8-11/h4-6,9,11H,3,7-8H2,1-2H3,(H2,17,18,19). The second-order valence-electron chi connectivity index (χ2n) is 5.26. The fraction of sp³-hybridized carbons (Fsp3) is 0.375. The number of nitrogen functional groups attached to an aromatic ring is 1. The molecule has 0 atom stereocenters. The molecule has 98 valence electrons. The highest BCUT2D eigenvalue weighted by Gasteiger charge is 2.23. The van der Waals surface area contributed by atoms with E-state index < -0.39 is 0 Å². The lowest BCUT2D eigenvalue weighted by Gasteiger charge is -2.09. The van der Waals surface area contributed by atoms with Gasteiger partial charge in [-0.25, -0.2) is 9.97 Å². The van der Waals surface area contributed by atoms with E-state index in [0.717, 1.165) is 35.0 Å². The van der Waals surface area contributed by atoms with Gasteiger partial charge in [0.25, 0.3) is 0 Å². The van der Waals surface area contributed by atoms with Gasteiger partial charge in [0.2, 0.25) is 0 Å². The van der Waals surface area contributed by atoms with Crippen LogP contribution in [0.25, 0.3) is 11.4 Å². The summed E-state index contributed by atoms with van der Waals surface area (Å²) in [5.74, 6) is 2.09. The Morgan fingerprint density at radius 3 is 2.74 bits per heavy atom. The SMILES string of the molecule is CCc1nc(-c2cccc(C3CC3)c2)nc(N)c1C. The van der Waals surface area contributed by atoms with Gasteiger partial charge in [-0.3, -0.25) is 0 Å². The Hall–Kier alpha value is -1.90. The Kier molecular flexibility index (Phi) is 2.97. The van der Waals surface area contributed by atoms with Gasteiger partial charge in [0.15, 0.2) is 5.82 Å². The molecule has 1 aromatic carbocycles. The topological polar surface area (TPSA) is 51.8 Å². The summed E-state index contributed by atoms with van der Waals surface area (Å²) >= 11 is 0. The fourth-order valence-corrected chi connectivity index (χ4v) is 2.40. The van der Waals surface area contributed by atoms with Crippen LogP contribution < -0.4 is 5.73 Å². The lowest BCUT2D eigenvalue weighted by atomic mass is 10.1. The van der Waals surface area contributed by atoms with Crippen molar-refractivity contribution in [1.82, 2.24) is 9.97 Å². The van der Waals surface area contributed by atoms with Crippen molar-refractivity contribution < 1.29 is 0 Å². The summed E-state index contributed by atoms with van der Waals surface area (Å²) in [4.78, 5) is 9.09. The maximum atomic E-state index is 5.99. The molecule has 0 radical (unpaired) electrons. The van der Waals surface area contributed by atoms with Crippen molar-refractivity contribution in [2.75, 3.05) is 5.73 Å². The molecule has 1 saturated carbocycles. The largest absolute Gasteiger partial charge is 0.383 e. The molecule has 3 rings (SSSR count). The minimum absolute atomic E-state index is 0.596. The zero-order chi connectivity index (χ0) is 13.4. The van der Waals surface area contributed by atoms with Crippen molar-refractivity contribution in [3.63, 3.8) is 0 Å². The number of nitrogens with zero attached hydrogens (tertiary/aromatic N) is 2. The van der Waals surface area contributed by atoms with Gasteiger partial charge in [-0.2, -0.15) is 0 Å². The molecule has 0 bridgehead atoms. The maximum absolute atomic E-state index is 5.99. The van der Waals surface area contributed by atoms with Gasteiger partial charge in [-0.05, 0) is 43.7 Å². The maximum Gasteiger partial charge on any atom is 0.161 e. The first-order valence-corrected chi connectivity index (χ1v) is 6.92. The van der Waals surface area contributed by atoms with E-state index in [9.17, 15) is 0 Å². The van der Waals surface area contributed by atoms with Crippen LogP contribution in [0.2, 0.25) is 0 Å². The lowest BCUT2D eigenvalue weighted by Crippen LogP contribution is -2.04.